The maximum atomic E-state index is 9.79. The molecule has 0 aliphatic rings. The zero-order valence-corrected chi connectivity index (χ0v) is 20.4. The molecule has 0 aliphatic heterocycles. The number of benzene rings is 1. The predicted molar refractivity (Wildman–Crippen MR) is 131 cm³/mol. The molecule has 0 spiro atoms. The summed E-state index contributed by atoms with van der Waals surface area (Å²) in [6, 6.07) is 1.51. The number of unbranched alkanes of at least 4 members (excludes halogenated alkanes) is 15. The van der Waals surface area contributed by atoms with E-state index in [2.05, 4.69) is 12.2 Å². The molecule has 0 fully saturated rings. The highest BCUT2D eigenvalue weighted by molar-refractivity contribution is 6.43. The van der Waals surface area contributed by atoms with Crippen molar-refractivity contribution in [3.8, 4) is 5.75 Å². The molecule has 0 bridgehead atoms. The molecule has 0 aromatic heterocycles. The third-order valence-corrected chi connectivity index (χ3v) is 6.43. The average Bonchev–Trinajstić information content (AvgIpc) is 2.70. The summed E-state index contributed by atoms with van der Waals surface area (Å²) in [5.74, 6) is -0.118. The fourth-order valence-corrected chi connectivity index (χ4v) is 4.53. The van der Waals surface area contributed by atoms with Crippen LogP contribution < -0.4 is 5.32 Å². The minimum absolute atomic E-state index is 0.118. The Morgan fingerprint density at radius 1 is 0.655 bits per heavy atom. The van der Waals surface area contributed by atoms with Crippen LogP contribution in [0.1, 0.15) is 110 Å². The van der Waals surface area contributed by atoms with Crippen molar-refractivity contribution in [2.24, 2.45) is 0 Å². The Hall–Kier alpha value is -0.310. The van der Waals surface area contributed by atoms with Gasteiger partial charge in [-0.05, 0) is 12.5 Å². The van der Waals surface area contributed by atoms with Gasteiger partial charge in [0.15, 0.2) is 5.75 Å². The van der Waals surface area contributed by atoms with Gasteiger partial charge in [0.05, 0.1) is 15.7 Å². The maximum Gasteiger partial charge on any atom is 0.155 e. The first-order chi connectivity index (χ1) is 14.1. The van der Waals surface area contributed by atoms with Crippen LogP contribution in [-0.4, -0.2) is 11.7 Å². The second-order valence-electron chi connectivity index (χ2n) is 8.11. The zero-order valence-electron chi connectivity index (χ0n) is 18.2. The highest BCUT2D eigenvalue weighted by atomic mass is 35.5. The molecule has 0 amide bonds. The lowest BCUT2D eigenvalue weighted by molar-refractivity contribution is 0.476. The van der Waals surface area contributed by atoms with Crippen molar-refractivity contribution in [3.63, 3.8) is 0 Å². The van der Waals surface area contributed by atoms with Gasteiger partial charge in [-0.3, -0.25) is 0 Å². The average molecular weight is 465 g/mol. The Kier molecular flexibility index (Phi) is 16.0. The topological polar surface area (TPSA) is 32.3 Å². The molecule has 0 heterocycles. The van der Waals surface area contributed by atoms with Crippen LogP contribution in [-0.2, 0) is 0 Å². The number of phenolic OH excluding ortho intramolecular Hbond substituents is 1. The van der Waals surface area contributed by atoms with Crippen LogP contribution in [0.2, 0.25) is 15.1 Å². The Bertz CT molecular complexity index is 551. The van der Waals surface area contributed by atoms with Gasteiger partial charge in [0.1, 0.15) is 5.02 Å². The molecule has 168 valence electrons. The van der Waals surface area contributed by atoms with Crippen LogP contribution in [0.3, 0.4) is 0 Å². The lowest BCUT2D eigenvalue weighted by Gasteiger charge is -2.12. The summed E-state index contributed by atoms with van der Waals surface area (Å²) in [6.45, 7) is 3.07. The minimum Gasteiger partial charge on any atom is -0.505 e. The quantitative estimate of drug-likeness (QED) is 0.212. The largest absolute Gasteiger partial charge is 0.505 e. The van der Waals surface area contributed by atoms with E-state index < -0.39 is 0 Å². The van der Waals surface area contributed by atoms with Crippen LogP contribution in [0.25, 0.3) is 0 Å². The lowest BCUT2D eigenvalue weighted by atomic mass is 10.0. The van der Waals surface area contributed by atoms with Gasteiger partial charge in [0.2, 0.25) is 0 Å². The Balaban J connectivity index is 1.89. The van der Waals surface area contributed by atoms with E-state index in [1.165, 1.54) is 102 Å². The van der Waals surface area contributed by atoms with E-state index in [4.69, 9.17) is 34.8 Å². The predicted octanol–water partition coefficient (Wildman–Crippen LogP) is 10.0. The number of hydrogen-bond donors (Lipinski definition) is 2. The Morgan fingerprint density at radius 3 is 1.52 bits per heavy atom. The zero-order chi connectivity index (χ0) is 21.3. The summed E-state index contributed by atoms with van der Waals surface area (Å²) < 4.78 is 0. The molecule has 0 unspecified atom stereocenters. The number of rotatable bonds is 18. The van der Waals surface area contributed by atoms with Gasteiger partial charge in [-0.25, -0.2) is 0 Å². The number of anilines is 1. The van der Waals surface area contributed by atoms with Gasteiger partial charge >= 0.3 is 0 Å². The first kappa shape index (κ1) is 26.7. The van der Waals surface area contributed by atoms with Gasteiger partial charge in [-0.15, -0.1) is 0 Å². The first-order valence-electron chi connectivity index (χ1n) is 11.7. The summed E-state index contributed by atoms with van der Waals surface area (Å²) in [6.07, 6.45) is 21.7. The molecule has 2 N–H and O–H groups in total. The molecule has 2 nitrogen and oxygen atoms in total. The van der Waals surface area contributed by atoms with Crippen molar-refractivity contribution in [2.75, 3.05) is 11.9 Å². The van der Waals surface area contributed by atoms with Gasteiger partial charge in [-0.1, -0.05) is 138 Å². The highest BCUT2D eigenvalue weighted by Gasteiger charge is 2.13. The molecule has 0 radical (unpaired) electrons. The fourth-order valence-electron chi connectivity index (χ4n) is 3.63. The monoisotopic (exact) mass is 463 g/mol. The maximum absolute atomic E-state index is 9.79. The fraction of sp³-hybridized carbons (Fsp3) is 0.750. The van der Waals surface area contributed by atoms with Crippen molar-refractivity contribution < 1.29 is 5.11 Å². The molecule has 1 aromatic rings. The van der Waals surface area contributed by atoms with E-state index in [1.807, 2.05) is 0 Å². The van der Waals surface area contributed by atoms with Gasteiger partial charge < -0.3 is 10.4 Å². The van der Waals surface area contributed by atoms with Crippen LogP contribution >= 0.6 is 34.8 Å². The minimum atomic E-state index is -0.118. The number of aromatic hydroxyl groups is 1. The van der Waals surface area contributed by atoms with Crippen LogP contribution in [0.15, 0.2) is 6.07 Å². The third-order valence-electron chi connectivity index (χ3n) is 5.48. The van der Waals surface area contributed by atoms with E-state index in [9.17, 15) is 5.11 Å². The number of phenols is 1. The van der Waals surface area contributed by atoms with Crippen LogP contribution in [0, 0.1) is 0 Å². The van der Waals surface area contributed by atoms with Gasteiger partial charge in [0.25, 0.3) is 0 Å². The molecule has 0 aliphatic carbocycles. The number of hydrogen-bond acceptors (Lipinski definition) is 2. The molecule has 0 saturated carbocycles. The summed E-state index contributed by atoms with van der Waals surface area (Å²) in [5.41, 5.74) is 0.566. The van der Waals surface area contributed by atoms with Crippen molar-refractivity contribution in [1.29, 1.82) is 0 Å². The molecule has 5 heteroatoms. The second-order valence-corrected chi connectivity index (χ2v) is 9.30. The SMILES string of the molecule is CCCCCCCCCCCCCCCCCCNc1c(Cl)cc(Cl)c(O)c1Cl. The molecule has 29 heavy (non-hydrogen) atoms. The lowest BCUT2D eigenvalue weighted by Crippen LogP contribution is -2.03. The van der Waals surface area contributed by atoms with E-state index in [0.717, 1.165) is 13.0 Å². The molecule has 0 saturated heterocycles. The summed E-state index contributed by atoms with van der Waals surface area (Å²) in [5, 5.41) is 13.8. The third kappa shape index (κ3) is 12.2. The van der Waals surface area contributed by atoms with E-state index in [0.29, 0.717) is 10.7 Å². The summed E-state index contributed by atoms with van der Waals surface area (Å²) >= 11 is 18.1. The van der Waals surface area contributed by atoms with E-state index in [-0.39, 0.29) is 15.8 Å². The van der Waals surface area contributed by atoms with Crippen molar-refractivity contribution >= 4 is 40.5 Å². The standard InChI is InChI=1S/C24H40Cl3NO/c1-2-3-4-5-6-7-8-9-10-11-12-13-14-15-16-17-18-28-23-20(25)19-21(26)24(29)22(23)27/h19,28-29H,2-18H2,1H3. The second kappa shape index (κ2) is 17.4. The smallest absolute Gasteiger partial charge is 0.155 e. The summed E-state index contributed by atoms with van der Waals surface area (Å²) in [4.78, 5) is 0. The van der Waals surface area contributed by atoms with E-state index in [1.54, 1.807) is 0 Å². The summed E-state index contributed by atoms with van der Waals surface area (Å²) in [7, 11) is 0. The van der Waals surface area contributed by atoms with Crippen molar-refractivity contribution in [1.82, 2.24) is 0 Å². The van der Waals surface area contributed by atoms with Gasteiger partial charge in [0, 0.05) is 6.54 Å². The molecular weight excluding hydrogens is 425 g/mol. The molecular formula is C24H40Cl3NO. The molecule has 1 aromatic carbocycles. The normalized spacial score (nSPS) is 11.2. The Morgan fingerprint density at radius 2 is 1.07 bits per heavy atom. The molecule has 1 rings (SSSR count). The van der Waals surface area contributed by atoms with E-state index >= 15 is 0 Å². The van der Waals surface area contributed by atoms with Crippen LogP contribution in [0.5, 0.6) is 5.75 Å². The number of nitrogens with one attached hydrogen (secondary N) is 1. The van der Waals surface area contributed by atoms with Gasteiger partial charge in [-0.2, -0.15) is 0 Å². The highest BCUT2D eigenvalue weighted by Crippen LogP contribution is 2.42. The van der Waals surface area contributed by atoms with Crippen molar-refractivity contribution in [3.05, 3.63) is 21.1 Å². The Labute approximate surface area is 193 Å². The first-order valence-corrected chi connectivity index (χ1v) is 12.8. The van der Waals surface area contributed by atoms with Crippen LogP contribution in [0.4, 0.5) is 5.69 Å². The molecule has 0 atom stereocenters. The number of halogens is 3. The van der Waals surface area contributed by atoms with Crippen molar-refractivity contribution in [2.45, 2.75) is 110 Å².